The molecular formula is C22H30N2O4. The number of carbonyl (C=O) groups excluding carboxylic acids is 3. The minimum Gasteiger partial charge on any atom is -0.449 e. The molecular weight excluding hydrogens is 356 g/mol. The molecule has 1 saturated carbocycles. The third-order valence-corrected chi connectivity index (χ3v) is 6.15. The van der Waals surface area contributed by atoms with Crippen molar-refractivity contribution in [2.24, 2.45) is 11.8 Å². The molecule has 2 fully saturated rings. The number of ether oxygens (including phenoxy) is 1. The Bertz CT molecular complexity index is 748. The number of anilines is 1. The Morgan fingerprint density at radius 1 is 1.21 bits per heavy atom. The number of hydrogen-bond donors (Lipinski definition) is 1. The fourth-order valence-corrected chi connectivity index (χ4v) is 4.09. The number of carbonyl (C=O) groups is 3. The third-order valence-electron chi connectivity index (χ3n) is 6.15. The highest BCUT2D eigenvalue weighted by atomic mass is 16.5. The first-order valence-electron chi connectivity index (χ1n) is 10.3. The monoisotopic (exact) mass is 386 g/mol. The highest BCUT2D eigenvalue weighted by molar-refractivity contribution is 5.98. The minimum absolute atomic E-state index is 0.0640. The van der Waals surface area contributed by atoms with Crippen molar-refractivity contribution >= 4 is 23.5 Å². The molecule has 1 heterocycles. The molecule has 1 aromatic rings. The molecule has 1 aromatic carbocycles. The zero-order chi connectivity index (χ0) is 20.3. The van der Waals surface area contributed by atoms with E-state index >= 15 is 0 Å². The van der Waals surface area contributed by atoms with E-state index in [0.717, 1.165) is 19.3 Å². The molecule has 0 aromatic heterocycles. The number of hydrogen-bond acceptors (Lipinski definition) is 4. The van der Waals surface area contributed by atoms with Gasteiger partial charge in [0.15, 0.2) is 6.10 Å². The van der Waals surface area contributed by atoms with Crippen LogP contribution in [0.3, 0.4) is 0 Å². The van der Waals surface area contributed by atoms with Crippen LogP contribution < -0.4 is 10.2 Å². The predicted octanol–water partition coefficient (Wildman–Crippen LogP) is 3.30. The van der Waals surface area contributed by atoms with Crippen molar-refractivity contribution in [1.82, 2.24) is 5.32 Å². The average molecular weight is 386 g/mol. The second kappa shape index (κ2) is 8.76. The summed E-state index contributed by atoms with van der Waals surface area (Å²) in [5.41, 5.74) is 1.04. The van der Waals surface area contributed by atoms with Gasteiger partial charge < -0.3 is 15.0 Å². The van der Waals surface area contributed by atoms with Gasteiger partial charge in [-0.25, -0.2) is 4.79 Å². The lowest BCUT2D eigenvalue weighted by Crippen LogP contribution is -2.47. The Kier molecular flexibility index (Phi) is 6.37. The summed E-state index contributed by atoms with van der Waals surface area (Å²) in [6.45, 7) is 6.63. The Morgan fingerprint density at radius 2 is 2.00 bits per heavy atom. The van der Waals surface area contributed by atoms with Crippen molar-refractivity contribution in [3.05, 3.63) is 29.8 Å². The molecule has 1 aliphatic heterocycles. The van der Waals surface area contributed by atoms with Gasteiger partial charge in [0.25, 0.3) is 5.91 Å². The topological polar surface area (TPSA) is 75.7 Å². The molecule has 2 aliphatic rings. The molecule has 1 N–H and O–H groups in total. The molecule has 0 radical (unpaired) electrons. The van der Waals surface area contributed by atoms with Crippen LogP contribution in [0.15, 0.2) is 24.3 Å². The average Bonchev–Trinajstić information content (AvgIpc) is 3.11. The maximum atomic E-state index is 12.5. The van der Waals surface area contributed by atoms with Gasteiger partial charge in [0.1, 0.15) is 0 Å². The summed E-state index contributed by atoms with van der Waals surface area (Å²) in [6, 6.07) is 6.96. The quantitative estimate of drug-likeness (QED) is 0.788. The molecule has 1 saturated heterocycles. The van der Waals surface area contributed by atoms with E-state index in [1.165, 1.54) is 6.42 Å². The zero-order valence-corrected chi connectivity index (χ0v) is 16.9. The predicted molar refractivity (Wildman–Crippen MR) is 107 cm³/mol. The number of nitrogens with one attached hydrogen (secondary N) is 1. The molecule has 1 aliphatic carbocycles. The van der Waals surface area contributed by atoms with E-state index in [1.807, 2.05) is 6.07 Å². The molecule has 28 heavy (non-hydrogen) atoms. The first-order valence-corrected chi connectivity index (χ1v) is 10.3. The van der Waals surface area contributed by atoms with Crippen molar-refractivity contribution in [3.63, 3.8) is 0 Å². The van der Waals surface area contributed by atoms with Crippen molar-refractivity contribution in [1.29, 1.82) is 0 Å². The first kappa shape index (κ1) is 20.4. The lowest BCUT2D eigenvalue weighted by Gasteiger charge is -2.35. The van der Waals surface area contributed by atoms with Crippen LogP contribution in [0.25, 0.3) is 0 Å². The van der Waals surface area contributed by atoms with Crippen LogP contribution in [-0.4, -0.2) is 36.5 Å². The first-order chi connectivity index (χ1) is 13.4. The Labute approximate surface area is 166 Å². The van der Waals surface area contributed by atoms with Gasteiger partial charge in [-0.05, 0) is 49.8 Å². The van der Waals surface area contributed by atoms with Crippen LogP contribution in [0.5, 0.6) is 0 Å². The van der Waals surface area contributed by atoms with Crippen molar-refractivity contribution in [3.8, 4) is 0 Å². The van der Waals surface area contributed by atoms with Gasteiger partial charge >= 0.3 is 5.97 Å². The fraction of sp³-hybridized carbons (Fsp3) is 0.591. The number of rotatable bonds is 5. The largest absolute Gasteiger partial charge is 0.449 e. The lowest BCUT2D eigenvalue weighted by atomic mass is 9.78. The van der Waals surface area contributed by atoms with Crippen LogP contribution in [0.4, 0.5) is 5.69 Å². The summed E-state index contributed by atoms with van der Waals surface area (Å²) in [5.74, 6) is 0.240. The number of nitrogens with zero attached hydrogens (tertiary/aromatic N) is 1. The highest BCUT2D eigenvalue weighted by Gasteiger charge is 2.30. The van der Waals surface area contributed by atoms with Crippen LogP contribution in [0.1, 0.15) is 63.2 Å². The Morgan fingerprint density at radius 3 is 2.71 bits per heavy atom. The van der Waals surface area contributed by atoms with Gasteiger partial charge in [-0.3, -0.25) is 9.59 Å². The number of amides is 2. The Balaban J connectivity index is 1.59. The molecule has 0 bridgehead atoms. The highest BCUT2D eigenvalue weighted by Crippen LogP contribution is 2.29. The number of esters is 1. The molecule has 2 amide bonds. The standard InChI is InChI=1S/C22H30N2O4/c1-14-7-4-10-19(15(14)2)23-21(26)16(3)28-22(27)17-8-5-9-18(13-17)24-12-6-11-20(24)25/h5,8-9,13-16,19H,4,6-7,10-12H2,1-3H3,(H,23,26)/t14-,15-,16-,19+/m1/s1. The van der Waals surface area contributed by atoms with E-state index in [0.29, 0.717) is 36.1 Å². The maximum absolute atomic E-state index is 12.5. The SMILES string of the molecule is C[C@@H]1[C@H](C)CCC[C@@H]1NC(=O)[C@@H](C)OC(=O)c1cccc(N2CCCC2=O)c1. The van der Waals surface area contributed by atoms with Crippen molar-refractivity contribution < 1.29 is 19.1 Å². The van der Waals surface area contributed by atoms with Crippen LogP contribution in [0.2, 0.25) is 0 Å². The van der Waals surface area contributed by atoms with Gasteiger partial charge in [0.05, 0.1) is 5.56 Å². The smallest absolute Gasteiger partial charge is 0.338 e. The second-order valence-electron chi connectivity index (χ2n) is 8.13. The summed E-state index contributed by atoms with van der Waals surface area (Å²) < 4.78 is 5.39. The number of benzene rings is 1. The Hall–Kier alpha value is -2.37. The van der Waals surface area contributed by atoms with Gasteiger partial charge in [-0.1, -0.05) is 32.8 Å². The fourth-order valence-electron chi connectivity index (χ4n) is 4.09. The van der Waals surface area contributed by atoms with Crippen molar-refractivity contribution in [2.45, 2.75) is 65.0 Å². The summed E-state index contributed by atoms with van der Waals surface area (Å²) in [7, 11) is 0. The lowest BCUT2D eigenvalue weighted by molar-refractivity contribution is -0.130. The van der Waals surface area contributed by atoms with E-state index in [1.54, 1.807) is 30.0 Å². The maximum Gasteiger partial charge on any atom is 0.338 e. The summed E-state index contributed by atoms with van der Waals surface area (Å²) >= 11 is 0. The van der Waals surface area contributed by atoms with Gasteiger partial charge in [-0.2, -0.15) is 0 Å². The molecule has 4 atom stereocenters. The molecule has 0 spiro atoms. The van der Waals surface area contributed by atoms with Crippen LogP contribution >= 0.6 is 0 Å². The molecule has 3 rings (SSSR count). The van der Waals surface area contributed by atoms with Gasteiger partial charge in [-0.15, -0.1) is 0 Å². The van der Waals surface area contributed by atoms with Crippen molar-refractivity contribution in [2.75, 3.05) is 11.4 Å². The van der Waals surface area contributed by atoms with E-state index < -0.39 is 12.1 Å². The molecule has 6 heteroatoms. The summed E-state index contributed by atoms with van der Waals surface area (Å²) in [6.07, 6.45) is 3.74. The molecule has 0 unspecified atom stereocenters. The molecule has 152 valence electrons. The van der Waals surface area contributed by atoms with Crippen LogP contribution in [-0.2, 0) is 14.3 Å². The van der Waals surface area contributed by atoms with Gasteiger partial charge in [0.2, 0.25) is 5.91 Å². The second-order valence-corrected chi connectivity index (χ2v) is 8.13. The summed E-state index contributed by atoms with van der Waals surface area (Å²) in [5, 5.41) is 3.05. The zero-order valence-electron chi connectivity index (χ0n) is 16.9. The molecule has 6 nitrogen and oxygen atoms in total. The summed E-state index contributed by atoms with van der Waals surface area (Å²) in [4.78, 5) is 38.6. The van der Waals surface area contributed by atoms with Crippen LogP contribution in [0, 0.1) is 11.8 Å². The van der Waals surface area contributed by atoms with E-state index in [-0.39, 0.29) is 17.9 Å². The third kappa shape index (κ3) is 4.54. The van der Waals surface area contributed by atoms with E-state index in [9.17, 15) is 14.4 Å². The minimum atomic E-state index is -0.867. The normalized spacial score (nSPS) is 26.0. The van der Waals surface area contributed by atoms with E-state index in [2.05, 4.69) is 19.2 Å². The van der Waals surface area contributed by atoms with Gasteiger partial charge in [0, 0.05) is 24.7 Å². The van der Waals surface area contributed by atoms with E-state index in [4.69, 9.17) is 4.74 Å².